The van der Waals surface area contributed by atoms with E-state index in [0.717, 1.165) is 31.2 Å². The number of piperazine rings is 1. The number of nitrogen functional groups attached to an aromatic ring is 1. The van der Waals surface area contributed by atoms with Crippen LogP contribution in [0.3, 0.4) is 0 Å². The molecule has 0 radical (unpaired) electrons. The Morgan fingerprint density at radius 1 is 1.60 bits per heavy atom. The number of hydrogen-bond donors (Lipinski definition) is 3. The van der Waals surface area contributed by atoms with Crippen molar-refractivity contribution in [1.29, 1.82) is 0 Å². The lowest BCUT2D eigenvalue weighted by Gasteiger charge is -2.28. The molecule has 4 N–H and O–H groups in total. The Labute approximate surface area is 122 Å². The molecular weight excluding hydrogens is 276 g/mol. The van der Waals surface area contributed by atoms with Gasteiger partial charge in [-0.15, -0.1) is 17.9 Å². The second kappa shape index (κ2) is 6.62. The monoisotopic (exact) mass is 296 g/mol. The van der Waals surface area contributed by atoms with Crippen LogP contribution in [0.5, 0.6) is 5.75 Å². The molecule has 0 unspecified atom stereocenters. The van der Waals surface area contributed by atoms with Crippen LogP contribution in [-0.2, 0) is 0 Å². The molecule has 1 aromatic heterocycles. The average molecular weight is 296 g/mol. The number of rotatable bonds is 5. The summed E-state index contributed by atoms with van der Waals surface area (Å²) >= 11 is 1.38. The molecule has 20 heavy (non-hydrogen) atoms. The summed E-state index contributed by atoms with van der Waals surface area (Å²) in [5.74, 6) is 0.410. The number of carbonyl (C=O) groups excluding carboxylic acids is 1. The molecule has 1 aliphatic rings. The van der Waals surface area contributed by atoms with Crippen molar-refractivity contribution in [3.05, 3.63) is 17.5 Å². The van der Waals surface area contributed by atoms with Crippen LogP contribution < -0.4 is 26.0 Å². The third-order valence-corrected chi connectivity index (χ3v) is 4.35. The summed E-state index contributed by atoms with van der Waals surface area (Å²) < 4.78 is 5.39. The van der Waals surface area contributed by atoms with Gasteiger partial charge in [0.15, 0.2) is 5.75 Å². The van der Waals surface area contributed by atoms with Crippen molar-refractivity contribution in [2.24, 2.45) is 0 Å². The summed E-state index contributed by atoms with van der Waals surface area (Å²) in [5, 5.41) is 6.96. The number of anilines is 2. The smallest absolute Gasteiger partial charge is 0.263 e. The quantitative estimate of drug-likeness (QED) is 0.696. The molecule has 2 heterocycles. The number of nitrogens with one attached hydrogen (secondary N) is 2. The van der Waals surface area contributed by atoms with E-state index in [4.69, 9.17) is 10.5 Å². The summed E-state index contributed by atoms with van der Waals surface area (Å²) in [6.45, 7) is 7.59. The second-order valence-corrected chi connectivity index (χ2v) is 5.42. The lowest BCUT2D eigenvalue weighted by Crippen LogP contribution is -2.43. The van der Waals surface area contributed by atoms with Gasteiger partial charge in [-0.1, -0.05) is 6.08 Å². The zero-order chi connectivity index (χ0) is 14.5. The van der Waals surface area contributed by atoms with Crippen molar-refractivity contribution in [3.63, 3.8) is 0 Å². The lowest BCUT2D eigenvalue weighted by molar-refractivity contribution is 0.0962. The fraction of sp³-hybridized carbons (Fsp3) is 0.462. The van der Waals surface area contributed by atoms with Crippen LogP contribution in [0.15, 0.2) is 12.7 Å². The summed E-state index contributed by atoms with van der Waals surface area (Å²) in [6, 6.07) is 0. The van der Waals surface area contributed by atoms with Crippen molar-refractivity contribution in [2.45, 2.75) is 0 Å². The highest BCUT2D eigenvalue weighted by Gasteiger charge is 2.25. The second-order valence-electron chi connectivity index (χ2n) is 4.42. The van der Waals surface area contributed by atoms with Crippen molar-refractivity contribution < 1.29 is 9.53 Å². The van der Waals surface area contributed by atoms with E-state index < -0.39 is 0 Å². The van der Waals surface area contributed by atoms with Gasteiger partial charge < -0.3 is 26.0 Å². The highest BCUT2D eigenvalue weighted by Crippen LogP contribution is 2.44. The first-order valence-electron chi connectivity index (χ1n) is 6.50. The molecule has 2 rings (SSSR count). The molecule has 1 amide bonds. The van der Waals surface area contributed by atoms with Crippen molar-refractivity contribution in [3.8, 4) is 5.75 Å². The highest BCUT2D eigenvalue weighted by atomic mass is 32.1. The van der Waals surface area contributed by atoms with Crippen molar-refractivity contribution in [1.82, 2.24) is 10.6 Å². The SMILES string of the molecule is C=CCNC(=O)c1sc(N2CCNCC2)c(OC)c1N. The van der Waals surface area contributed by atoms with Crippen LogP contribution in [0.2, 0.25) is 0 Å². The van der Waals surface area contributed by atoms with Crippen LogP contribution in [0.25, 0.3) is 0 Å². The number of amides is 1. The van der Waals surface area contributed by atoms with Crippen LogP contribution in [0, 0.1) is 0 Å². The molecule has 0 bridgehead atoms. The molecule has 0 saturated carbocycles. The first-order chi connectivity index (χ1) is 9.69. The van der Waals surface area contributed by atoms with Crippen molar-refractivity contribution >= 4 is 27.9 Å². The molecule has 7 heteroatoms. The van der Waals surface area contributed by atoms with Gasteiger partial charge in [-0.25, -0.2) is 0 Å². The van der Waals surface area contributed by atoms with E-state index in [2.05, 4.69) is 22.1 Å². The fourth-order valence-corrected chi connectivity index (χ4v) is 3.26. The zero-order valence-electron chi connectivity index (χ0n) is 11.6. The highest BCUT2D eigenvalue weighted by molar-refractivity contribution is 7.19. The molecule has 0 atom stereocenters. The number of ether oxygens (including phenoxy) is 1. The van der Waals surface area contributed by atoms with E-state index >= 15 is 0 Å². The van der Waals surface area contributed by atoms with Crippen LogP contribution in [0.1, 0.15) is 9.67 Å². The lowest BCUT2D eigenvalue weighted by atomic mass is 10.3. The first-order valence-corrected chi connectivity index (χ1v) is 7.31. The van der Waals surface area contributed by atoms with Gasteiger partial charge in [0.25, 0.3) is 5.91 Å². The maximum Gasteiger partial charge on any atom is 0.263 e. The number of thiophene rings is 1. The number of hydrogen-bond acceptors (Lipinski definition) is 6. The van der Waals surface area contributed by atoms with E-state index in [1.807, 2.05) is 0 Å². The van der Waals surface area contributed by atoms with E-state index in [1.165, 1.54) is 11.3 Å². The van der Waals surface area contributed by atoms with E-state index in [9.17, 15) is 4.79 Å². The van der Waals surface area contributed by atoms with Gasteiger partial charge in [-0.2, -0.15) is 0 Å². The topological polar surface area (TPSA) is 79.6 Å². The molecule has 0 aromatic carbocycles. The maximum absolute atomic E-state index is 12.1. The molecule has 0 aliphatic carbocycles. The fourth-order valence-electron chi connectivity index (χ4n) is 2.10. The number of methoxy groups -OCH3 is 1. The predicted molar refractivity (Wildman–Crippen MR) is 82.9 cm³/mol. The molecule has 0 spiro atoms. The van der Waals surface area contributed by atoms with Gasteiger partial charge >= 0.3 is 0 Å². The average Bonchev–Trinajstić information content (AvgIpc) is 2.82. The normalized spacial score (nSPS) is 14.9. The Kier molecular flexibility index (Phi) is 4.86. The molecule has 1 saturated heterocycles. The van der Waals surface area contributed by atoms with Gasteiger partial charge in [0.05, 0.1) is 7.11 Å². The molecule has 110 valence electrons. The number of carbonyl (C=O) groups is 1. The van der Waals surface area contributed by atoms with Gasteiger partial charge in [0.1, 0.15) is 15.6 Å². The summed E-state index contributed by atoms with van der Waals surface area (Å²) in [5.41, 5.74) is 6.46. The third kappa shape index (κ3) is 2.88. The maximum atomic E-state index is 12.1. The minimum atomic E-state index is -0.188. The minimum absolute atomic E-state index is 0.188. The van der Waals surface area contributed by atoms with Crippen LogP contribution in [0.4, 0.5) is 10.7 Å². The molecule has 1 aromatic rings. The molecule has 1 aliphatic heterocycles. The largest absolute Gasteiger partial charge is 0.492 e. The van der Waals surface area contributed by atoms with Gasteiger partial charge in [-0.05, 0) is 0 Å². The summed E-state index contributed by atoms with van der Waals surface area (Å²) in [4.78, 5) is 14.8. The van der Waals surface area contributed by atoms with Gasteiger partial charge in [0, 0.05) is 32.7 Å². The van der Waals surface area contributed by atoms with Gasteiger partial charge in [-0.3, -0.25) is 4.79 Å². The van der Waals surface area contributed by atoms with E-state index in [-0.39, 0.29) is 5.91 Å². The first kappa shape index (κ1) is 14.7. The Hall–Kier alpha value is -1.73. The molecule has 6 nitrogen and oxygen atoms in total. The van der Waals surface area contributed by atoms with Crippen molar-refractivity contribution in [2.75, 3.05) is 50.5 Å². The Morgan fingerprint density at radius 3 is 2.90 bits per heavy atom. The van der Waals surface area contributed by atoms with Crippen LogP contribution >= 0.6 is 11.3 Å². The predicted octanol–water partition coefficient (Wildman–Crippen LogP) is 0.664. The molecular formula is C13H20N4O2S. The summed E-state index contributed by atoms with van der Waals surface area (Å²) in [7, 11) is 1.58. The summed E-state index contributed by atoms with van der Waals surface area (Å²) in [6.07, 6.45) is 1.64. The Bertz CT molecular complexity index is 495. The number of nitrogens with zero attached hydrogens (tertiary/aromatic N) is 1. The minimum Gasteiger partial charge on any atom is -0.492 e. The third-order valence-electron chi connectivity index (χ3n) is 3.10. The Balaban J connectivity index is 2.27. The van der Waals surface area contributed by atoms with E-state index in [1.54, 1.807) is 13.2 Å². The standard InChI is InChI=1S/C13H20N4O2S/c1-3-4-16-12(18)11-9(14)10(19-2)13(20-11)17-7-5-15-6-8-17/h3,15H,1,4-8,14H2,2H3,(H,16,18). The van der Waals surface area contributed by atoms with Crippen LogP contribution in [-0.4, -0.2) is 45.7 Å². The Morgan fingerprint density at radius 2 is 2.30 bits per heavy atom. The molecule has 1 fully saturated rings. The number of nitrogens with two attached hydrogens (primary N) is 1. The zero-order valence-corrected chi connectivity index (χ0v) is 12.4. The van der Waals surface area contributed by atoms with Gasteiger partial charge in [0.2, 0.25) is 0 Å². The van der Waals surface area contributed by atoms with E-state index in [0.29, 0.717) is 22.9 Å².